The van der Waals surface area contributed by atoms with E-state index in [0.29, 0.717) is 18.8 Å². The van der Waals surface area contributed by atoms with Crippen molar-refractivity contribution in [2.24, 2.45) is 5.92 Å². The summed E-state index contributed by atoms with van der Waals surface area (Å²) in [7, 11) is 0. The van der Waals surface area contributed by atoms with E-state index in [1.807, 2.05) is 0 Å². The van der Waals surface area contributed by atoms with Gasteiger partial charge in [0.1, 0.15) is 12.5 Å². The predicted octanol–water partition coefficient (Wildman–Crippen LogP) is 3.14. The number of rotatable bonds is 3. The Morgan fingerprint density at radius 1 is 1.35 bits per heavy atom. The summed E-state index contributed by atoms with van der Waals surface area (Å²) in [5.41, 5.74) is 0.621. The van der Waals surface area contributed by atoms with Crippen molar-refractivity contribution in [3.05, 3.63) is 47.8 Å². The zero-order valence-corrected chi connectivity index (χ0v) is 9.36. The molecule has 0 radical (unpaired) electrons. The smallest absolute Gasteiger partial charge is 0.183 e. The molecule has 0 bridgehead atoms. The average molecular weight is 240 g/mol. The van der Waals surface area contributed by atoms with Crippen molar-refractivity contribution in [3.63, 3.8) is 0 Å². The molecule has 1 saturated heterocycles. The summed E-state index contributed by atoms with van der Waals surface area (Å²) in [6.45, 7) is 3.85. The molecule has 2 nitrogen and oxygen atoms in total. The highest BCUT2D eigenvalue weighted by molar-refractivity contribution is 5.25. The Morgan fingerprint density at radius 2 is 2.06 bits per heavy atom. The van der Waals surface area contributed by atoms with Gasteiger partial charge in [-0.3, -0.25) is 0 Å². The summed E-state index contributed by atoms with van der Waals surface area (Å²) in [6.07, 6.45) is 1.19. The van der Waals surface area contributed by atoms with Crippen LogP contribution in [0.15, 0.2) is 30.9 Å². The third-order valence-electron chi connectivity index (χ3n) is 2.75. The first-order chi connectivity index (χ1) is 8.24. The lowest BCUT2D eigenvalue weighted by molar-refractivity contribution is -0.197. The molecule has 0 aliphatic carbocycles. The van der Waals surface area contributed by atoms with Gasteiger partial charge in [-0.15, -0.1) is 6.58 Å². The second-order valence-corrected chi connectivity index (χ2v) is 3.98. The number of hydrogen-bond donors (Lipinski definition) is 0. The largest absolute Gasteiger partial charge is 0.348 e. The van der Waals surface area contributed by atoms with Gasteiger partial charge in [0.05, 0.1) is 13.2 Å². The van der Waals surface area contributed by atoms with E-state index in [-0.39, 0.29) is 11.5 Å². The molecule has 1 aliphatic heterocycles. The van der Waals surface area contributed by atoms with E-state index in [1.54, 1.807) is 12.1 Å². The monoisotopic (exact) mass is 240 g/mol. The molecule has 0 unspecified atom stereocenters. The van der Waals surface area contributed by atoms with E-state index in [9.17, 15) is 8.78 Å². The van der Waals surface area contributed by atoms with Gasteiger partial charge in [0.15, 0.2) is 6.29 Å². The lowest BCUT2D eigenvalue weighted by Crippen LogP contribution is -2.25. The maximum Gasteiger partial charge on any atom is 0.183 e. The quantitative estimate of drug-likeness (QED) is 0.756. The molecular weight excluding hydrogens is 226 g/mol. The molecule has 17 heavy (non-hydrogen) atoms. The van der Waals surface area contributed by atoms with Crippen molar-refractivity contribution in [2.45, 2.75) is 13.0 Å². The highest BCUT2D eigenvalue weighted by atomic mass is 19.1. The fourth-order valence-electron chi connectivity index (χ4n) is 1.67. The second kappa shape index (κ2) is 5.38. The molecule has 2 rings (SSSR count). The Hall–Kier alpha value is -1.26. The minimum Gasteiger partial charge on any atom is -0.348 e. The van der Waals surface area contributed by atoms with Crippen LogP contribution in [0.5, 0.6) is 0 Å². The fraction of sp³-hybridized carbons (Fsp3) is 0.385. The summed E-state index contributed by atoms with van der Waals surface area (Å²) in [4.78, 5) is 0. The molecule has 0 aromatic heterocycles. The summed E-state index contributed by atoms with van der Waals surface area (Å²) in [5.74, 6) is -0.399. The first-order valence-electron chi connectivity index (χ1n) is 5.44. The van der Waals surface area contributed by atoms with E-state index < -0.39 is 18.8 Å². The molecule has 1 aromatic carbocycles. The van der Waals surface area contributed by atoms with Crippen LogP contribution in [-0.4, -0.2) is 13.2 Å². The fourth-order valence-corrected chi connectivity index (χ4v) is 1.67. The molecular formula is C13H14F2O2. The van der Waals surface area contributed by atoms with Crippen LogP contribution in [-0.2, 0) is 16.1 Å². The van der Waals surface area contributed by atoms with Gasteiger partial charge in [-0.1, -0.05) is 18.2 Å². The number of benzene rings is 1. The van der Waals surface area contributed by atoms with Crippen molar-refractivity contribution in [2.75, 3.05) is 13.2 Å². The van der Waals surface area contributed by atoms with Crippen molar-refractivity contribution in [1.29, 1.82) is 0 Å². The molecule has 0 amide bonds. The van der Waals surface area contributed by atoms with Crippen LogP contribution in [0.4, 0.5) is 8.78 Å². The minimum atomic E-state index is -0.808. The zero-order chi connectivity index (χ0) is 12.3. The SMILES string of the molecule is C=CC1COC(c2ccc(CF)c(F)c2)OC1. The third-order valence-corrected chi connectivity index (χ3v) is 2.75. The van der Waals surface area contributed by atoms with Gasteiger partial charge in [0, 0.05) is 17.0 Å². The summed E-state index contributed by atoms with van der Waals surface area (Å²) in [6, 6.07) is 4.29. The van der Waals surface area contributed by atoms with Gasteiger partial charge >= 0.3 is 0 Å². The van der Waals surface area contributed by atoms with Crippen LogP contribution in [0.3, 0.4) is 0 Å². The molecule has 0 atom stereocenters. The molecule has 1 fully saturated rings. The average Bonchev–Trinajstić information content (AvgIpc) is 2.39. The Kier molecular flexibility index (Phi) is 3.86. The Balaban J connectivity index is 2.08. The molecule has 0 saturated carbocycles. The molecule has 0 spiro atoms. The third kappa shape index (κ3) is 2.70. The van der Waals surface area contributed by atoms with Crippen molar-refractivity contribution >= 4 is 0 Å². The van der Waals surface area contributed by atoms with Gasteiger partial charge in [-0.05, 0) is 6.07 Å². The molecule has 0 N–H and O–H groups in total. The first-order valence-corrected chi connectivity index (χ1v) is 5.44. The minimum absolute atomic E-state index is 0.0496. The molecule has 1 heterocycles. The Bertz CT molecular complexity index is 398. The summed E-state index contributed by atoms with van der Waals surface area (Å²) >= 11 is 0. The van der Waals surface area contributed by atoms with Crippen LogP contribution >= 0.6 is 0 Å². The maximum atomic E-state index is 13.4. The molecule has 1 aliphatic rings. The van der Waals surface area contributed by atoms with Crippen LogP contribution in [0.2, 0.25) is 0 Å². The van der Waals surface area contributed by atoms with Gasteiger partial charge in [0.2, 0.25) is 0 Å². The molecule has 4 heteroatoms. The van der Waals surface area contributed by atoms with Gasteiger partial charge in [-0.2, -0.15) is 0 Å². The van der Waals surface area contributed by atoms with Gasteiger partial charge < -0.3 is 9.47 Å². The highest BCUT2D eigenvalue weighted by Gasteiger charge is 2.22. The number of ether oxygens (including phenoxy) is 2. The second-order valence-electron chi connectivity index (χ2n) is 3.98. The van der Waals surface area contributed by atoms with Crippen LogP contribution in [0.1, 0.15) is 17.4 Å². The number of halogens is 2. The summed E-state index contributed by atoms with van der Waals surface area (Å²) < 4.78 is 36.6. The number of alkyl halides is 1. The molecule has 92 valence electrons. The highest BCUT2D eigenvalue weighted by Crippen LogP contribution is 2.26. The van der Waals surface area contributed by atoms with Gasteiger partial charge in [0.25, 0.3) is 0 Å². The predicted molar refractivity (Wildman–Crippen MR) is 59.5 cm³/mol. The van der Waals surface area contributed by atoms with Crippen molar-refractivity contribution in [3.8, 4) is 0 Å². The Morgan fingerprint density at radius 3 is 2.59 bits per heavy atom. The first kappa shape index (κ1) is 12.2. The lowest BCUT2D eigenvalue weighted by Gasteiger charge is -2.28. The maximum absolute atomic E-state index is 13.4. The summed E-state index contributed by atoms with van der Waals surface area (Å²) in [5, 5.41) is 0. The van der Waals surface area contributed by atoms with Crippen molar-refractivity contribution in [1.82, 2.24) is 0 Å². The Labute approximate surface area is 98.8 Å². The van der Waals surface area contributed by atoms with E-state index in [2.05, 4.69) is 6.58 Å². The van der Waals surface area contributed by atoms with E-state index in [0.717, 1.165) is 0 Å². The normalized spacial score (nSPS) is 24.6. The van der Waals surface area contributed by atoms with Crippen molar-refractivity contribution < 1.29 is 18.3 Å². The van der Waals surface area contributed by atoms with Crippen LogP contribution in [0, 0.1) is 11.7 Å². The van der Waals surface area contributed by atoms with E-state index in [4.69, 9.17) is 9.47 Å². The van der Waals surface area contributed by atoms with Crippen LogP contribution < -0.4 is 0 Å². The van der Waals surface area contributed by atoms with Crippen LogP contribution in [0.25, 0.3) is 0 Å². The molecule has 1 aromatic rings. The lowest BCUT2D eigenvalue weighted by atomic mass is 10.1. The van der Waals surface area contributed by atoms with E-state index >= 15 is 0 Å². The zero-order valence-electron chi connectivity index (χ0n) is 9.36. The standard InChI is InChI=1S/C13H14F2O2/c1-2-9-7-16-13(17-8-9)10-3-4-11(6-14)12(15)5-10/h2-5,9,13H,1,6-8H2. The van der Waals surface area contributed by atoms with Gasteiger partial charge in [-0.25, -0.2) is 8.78 Å². The number of hydrogen-bond acceptors (Lipinski definition) is 2. The van der Waals surface area contributed by atoms with E-state index in [1.165, 1.54) is 12.1 Å². The topological polar surface area (TPSA) is 18.5 Å².